The summed E-state index contributed by atoms with van der Waals surface area (Å²) in [6.07, 6.45) is 8.08. The molecule has 0 spiro atoms. The third-order valence-corrected chi connectivity index (χ3v) is 7.37. The number of anilines is 1. The van der Waals surface area contributed by atoms with Crippen LogP contribution in [0.1, 0.15) is 66.9 Å². The monoisotopic (exact) mass is 473 g/mol. The van der Waals surface area contributed by atoms with E-state index in [0.717, 1.165) is 72.3 Å². The molecule has 0 unspecified atom stereocenters. The molecule has 0 saturated heterocycles. The van der Waals surface area contributed by atoms with Gasteiger partial charge in [0.05, 0.1) is 17.7 Å². The zero-order chi connectivity index (χ0) is 24.4. The van der Waals surface area contributed by atoms with Crippen molar-refractivity contribution in [1.29, 1.82) is 0 Å². The largest absolute Gasteiger partial charge is 0.493 e. The summed E-state index contributed by atoms with van der Waals surface area (Å²) in [7, 11) is 0. The summed E-state index contributed by atoms with van der Waals surface area (Å²) < 4.78 is 5.77. The number of carbonyl (C=O) groups is 1. The lowest BCUT2D eigenvalue weighted by atomic mass is 9.83. The smallest absolute Gasteiger partial charge is 0.255 e. The molecule has 0 radical (unpaired) electrons. The molecule has 2 aliphatic rings. The number of hydrogen-bond donors (Lipinski definition) is 3. The fourth-order valence-electron chi connectivity index (χ4n) is 4.73. The number of fused-ring (bicyclic) bond motifs is 1. The minimum atomic E-state index is -0.513. The van der Waals surface area contributed by atoms with Crippen LogP contribution in [0.15, 0.2) is 48.7 Å². The number of aliphatic hydroxyl groups is 1. The highest BCUT2D eigenvalue weighted by molar-refractivity contribution is 6.06. The zero-order valence-electron chi connectivity index (χ0n) is 20.6. The van der Waals surface area contributed by atoms with Crippen LogP contribution in [-0.2, 0) is 6.54 Å². The van der Waals surface area contributed by atoms with Crippen molar-refractivity contribution in [2.75, 3.05) is 11.9 Å². The second kappa shape index (κ2) is 9.96. The van der Waals surface area contributed by atoms with E-state index in [2.05, 4.69) is 16.7 Å². The van der Waals surface area contributed by atoms with Crippen LogP contribution >= 0.6 is 0 Å². The highest BCUT2D eigenvalue weighted by Gasteiger charge is 2.28. The number of aryl methyl sites for hydroxylation is 1. The molecule has 184 valence electrons. The summed E-state index contributed by atoms with van der Waals surface area (Å²) in [5.41, 5.74) is 3.83. The Balaban J connectivity index is 1.20. The molecule has 0 aliphatic heterocycles. The van der Waals surface area contributed by atoms with Gasteiger partial charge >= 0.3 is 0 Å². The van der Waals surface area contributed by atoms with Gasteiger partial charge in [-0.25, -0.2) is 0 Å². The van der Waals surface area contributed by atoms with Crippen molar-refractivity contribution in [3.05, 3.63) is 65.4 Å². The van der Waals surface area contributed by atoms with Crippen molar-refractivity contribution in [3.63, 3.8) is 0 Å². The fourth-order valence-corrected chi connectivity index (χ4v) is 4.73. The summed E-state index contributed by atoms with van der Waals surface area (Å²) in [4.78, 5) is 17.5. The fraction of sp³-hybridized carbons (Fsp3) is 0.448. The third-order valence-electron chi connectivity index (χ3n) is 7.37. The van der Waals surface area contributed by atoms with Crippen LogP contribution in [0, 0.1) is 12.8 Å². The molecule has 3 N–H and O–H groups in total. The molecule has 2 aromatic carbocycles. The summed E-state index contributed by atoms with van der Waals surface area (Å²) in [5.74, 6) is 1.36. The average molecular weight is 474 g/mol. The van der Waals surface area contributed by atoms with Crippen LogP contribution in [0.4, 0.5) is 5.69 Å². The first-order chi connectivity index (χ1) is 16.9. The minimum absolute atomic E-state index is 0.145. The first-order valence-electron chi connectivity index (χ1n) is 12.7. The normalized spacial score (nSPS) is 22.2. The van der Waals surface area contributed by atoms with Crippen LogP contribution in [0.2, 0.25) is 0 Å². The molecule has 6 nitrogen and oxygen atoms in total. The second-order valence-electron chi connectivity index (χ2n) is 10.5. The van der Waals surface area contributed by atoms with Gasteiger partial charge in [-0.05, 0) is 106 Å². The second-order valence-corrected chi connectivity index (χ2v) is 10.5. The van der Waals surface area contributed by atoms with E-state index in [1.54, 1.807) is 12.1 Å². The number of pyridine rings is 1. The van der Waals surface area contributed by atoms with Gasteiger partial charge in [-0.1, -0.05) is 6.07 Å². The van der Waals surface area contributed by atoms with E-state index < -0.39 is 5.60 Å². The molecule has 35 heavy (non-hydrogen) atoms. The molecular formula is C29H35N3O3. The van der Waals surface area contributed by atoms with Gasteiger partial charge in [0.1, 0.15) is 5.75 Å². The predicted molar refractivity (Wildman–Crippen MR) is 139 cm³/mol. The number of amides is 1. The Morgan fingerprint density at radius 3 is 2.57 bits per heavy atom. The van der Waals surface area contributed by atoms with Gasteiger partial charge in [0.25, 0.3) is 5.91 Å². The molecule has 1 heterocycles. The average Bonchev–Trinajstić information content (AvgIpc) is 3.69. The van der Waals surface area contributed by atoms with Crippen LogP contribution in [0.25, 0.3) is 10.9 Å². The quantitative estimate of drug-likeness (QED) is 0.410. The zero-order valence-corrected chi connectivity index (χ0v) is 20.6. The molecule has 0 bridgehead atoms. The molecule has 2 fully saturated rings. The Hall–Kier alpha value is -2.96. The standard InChI is InChI=1S/C29H35N3O3/c1-19-26(32-28(33)22-5-8-25(9-6-22)35-18-20-3-4-20)10-7-23-15-21(17-31-27(19)23)16-30-24-11-13-29(2,34)14-12-24/h5-10,15,17,20,24,30,34H,3-4,11-14,16,18H2,1-2H3,(H,32,33). The number of aromatic nitrogens is 1. The third kappa shape index (κ3) is 6.00. The molecule has 6 heteroatoms. The number of rotatable bonds is 8. The Morgan fingerprint density at radius 2 is 1.86 bits per heavy atom. The number of ether oxygens (including phenoxy) is 1. The molecule has 3 aromatic rings. The Labute approximate surface area is 207 Å². The maximum absolute atomic E-state index is 12.8. The van der Waals surface area contributed by atoms with E-state index in [4.69, 9.17) is 9.72 Å². The maximum atomic E-state index is 12.8. The van der Waals surface area contributed by atoms with Gasteiger partial charge in [-0.2, -0.15) is 0 Å². The van der Waals surface area contributed by atoms with E-state index >= 15 is 0 Å². The summed E-state index contributed by atoms with van der Waals surface area (Å²) in [6.45, 7) is 5.44. The van der Waals surface area contributed by atoms with E-state index in [1.807, 2.05) is 44.3 Å². The van der Waals surface area contributed by atoms with Crippen molar-refractivity contribution in [3.8, 4) is 5.75 Å². The van der Waals surface area contributed by atoms with Crippen LogP contribution in [-0.4, -0.2) is 34.2 Å². The van der Waals surface area contributed by atoms with Gasteiger partial charge in [-0.15, -0.1) is 0 Å². The van der Waals surface area contributed by atoms with Crippen molar-refractivity contribution < 1.29 is 14.6 Å². The van der Waals surface area contributed by atoms with E-state index in [9.17, 15) is 9.90 Å². The minimum Gasteiger partial charge on any atom is -0.493 e. The number of benzene rings is 2. The van der Waals surface area contributed by atoms with Crippen LogP contribution < -0.4 is 15.4 Å². The molecule has 5 rings (SSSR count). The van der Waals surface area contributed by atoms with Gasteiger partial charge in [-0.3, -0.25) is 9.78 Å². The topological polar surface area (TPSA) is 83.5 Å². The van der Waals surface area contributed by atoms with E-state index in [-0.39, 0.29) is 5.91 Å². The van der Waals surface area contributed by atoms with Gasteiger partial charge in [0.15, 0.2) is 0 Å². The number of nitrogens with zero attached hydrogens (tertiary/aromatic N) is 1. The first kappa shape index (κ1) is 23.8. The number of nitrogens with one attached hydrogen (secondary N) is 2. The lowest BCUT2D eigenvalue weighted by molar-refractivity contribution is 0.0140. The SMILES string of the molecule is Cc1c(NC(=O)c2ccc(OCC3CC3)cc2)ccc2cc(CNC3CCC(C)(O)CC3)cnc12. The van der Waals surface area contributed by atoms with Crippen molar-refractivity contribution in [1.82, 2.24) is 10.3 Å². The van der Waals surface area contributed by atoms with E-state index in [1.165, 1.54) is 12.8 Å². The maximum Gasteiger partial charge on any atom is 0.255 e. The molecule has 2 saturated carbocycles. The Morgan fingerprint density at radius 1 is 1.11 bits per heavy atom. The van der Waals surface area contributed by atoms with Crippen molar-refractivity contribution in [2.45, 2.75) is 70.6 Å². The Kier molecular flexibility index (Phi) is 6.76. The van der Waals surface area contributed by atoms with Crippen LogP contribution in [0.3, 0.4) is 0 Å². The van der Waals surface area contributed by atoms with E-state index in [0.29, 0.717) is 17.5 Å². The van der Waals surface area contributed by atoms with Gasteiger partial charge in [0.2, 0.25) is 0 Å². The lowest BCUT2D eigenvalue weighted by Crippen LogP contribution is -2.39. The molecule has 2 aliphatic carbocycles. The van der Waals surface area contributed by atoms with Gasteiger partial charge < -0.3 is 20.5 Å². The predicted octanol–water partition coefficient (Wildman–Crippen LogP) is 5.37. The van der Waals surface area contributed by atoms with Crippen molar-refractivity contribution in [2.24, 2.45) is 5.92 Å². The molecule has 0 atom stereocenters. The Bertz CT molecular complexity index is 1190. The first-order valence-corrected chi connectivity index (χ1v) is 12.7. The molecule has 1 aromatic heterocycles. The highest BCUT2D eigenvalue weighted by atomic mass is 16.5. The summed E-state index contributed by atoms with van der Waals surface area (Å²) in [6, 6.07) is 13.9. The van der Waals surface area contributed by atoms with Gasteiger partial charge in [0, 0.05) is 35.4 Å². The van der Waals surface area contributed by atoms with Crippen molar-refractivity contribution >= 4 is 22.5 Å². The highest BCUT2D eigenvalue weighted by Crippen LogP contribution is 2.30. The number of carbonyl (C=O) groups excluding carboxylic acids is 1. The molecular weight excluding hydrogens is 438 g/mol. The molecule has 1 amide bonds. The summed E-state index contributed by atoms with van der Waals surface area (Å²) >= 11 is 0. The summed E-state index contributed by atoms with van der Waals surface area (Å²) in [5, 5.41) is 17.9. The lowest BCUT2D eigenvalue weighted by Gasteiger charge is -2.33. The number of hydrogen-bond acceptors (Lipinski definition) is 5. The van der Waals surface area contributed by atoms with Crippen LogP contribution in [0.5, 0.6) is 5.75 Å².